The highest BCUT2D eigenvalue weighted by Gasteiger charge is 2.23. The van der Waals surface area contributed by atoms with E-state index in [1.807, 2.05) is 6.07 Å². The Labute approximate surface area is 152 Å². The van der Waals surface area contributed by atoms with Gasteiger partial charge >= 0.3 is 0 Å². The lowest BCUT2D eigenvalue weighted by Crippen LogP contribution is -2.37. The van der Waals surface area contributed by atoms with E-state index in [2.05, 4.69) is 10.6 Å². The zero-order chi connectivity index (χ0) is 19.3. The van der Waals surface area contributed by atoms with Crippen LogP contribution in [0.1, 0.15) is 42.7 Å². The van der Waals surface area contributed by atoms with Gasteiger partial charge in [0.15, 0.2) is 0 Å². The van der Waals surface area contributed by atoms with Gasteiger partial charge in [-0.05, 0) is 23.8 Å². The highest BCUT2D eigenvalue weighted by atomic mass is 16.2. The summed E-state index contributed by atoms with van der Waals surface area (Å²) in [4.78, 5) is 36.4. The van der Waals surface area contributed by atoms with E-state index in [0.717, 1.165) is 0 Å². The number of anilines is 1. The van der Waals surface area contributed by atoms with Crippen LogP contribution in [0.4, 0.5) is 5.69 Å². The smallest absolute Gasteiger partial charge is 0.252 e. The first kappa shape index (κ1) is 19.2. The summed E-state index contributed by atoms with van der Waals surface area (Å²) >= 11 is 0. The molecule has 6 nitrogen and oxygen atoms in total. The minimum absolute atomic E-state index is 0.158. The average molecular weight is 353 g/mol. The van der Waals surface area contributed by atoms with Gasteiger partial charge in [-0.1, -0.05) is 57.2 Å². The molecule has 0 heterocycles. The molecule has 2 rings (SSSR count). The van der Waals surface area contributed by atoms with E-state index in [1.165, 1.54) is 0 Å². The maximum absolute atomic E-state index is 12.5. The third-order valence-corrected chi connectivity index (χ3v) is 3.76. The predicted molar refractivity (Wildman–Crippen MR) is 100 cm³/mol. The van der Waals surface area contributed by atoms with Gasteiger partial charge < -0.3 is 16.4 Å². The number of hydrogen-bond acceptors (Lipinski definition) is 3. The summed E-state index contributed by atoms with van der Waals surface area (Å²) in [5.74, 6) is -1.26. The Morgan fingerprint density at radius 1 is 0.962 bits per heavy atom. The Balaban J connectivity index is 2.17. The van der Waals surface area contributed by atoms with E-state index >= 15 is 0 Å². The van der Waals surface area contributed by atoms with Crippen molar-refractivity contribution in [3.05, 3.63) is 65.7 Å². The molecule has 0 aliphatic rings. The first-order valence-corrected chi connectivity index (χ1v) is 8.25. The number of rotatable bonds is 5. The Kier molecular flexibility index (Phi) is 5.77. The summed E-state index contributed by atoms with van der Waals surface area (Å²) in [6.45, 7) is 5.41. The van der Waals surface area contributed by atoms with Crippen molar-refractivity contribution >= 4 is 23.4 Å². The van der Waals surface area contributed by atoms with Crippen LogP contribution in [0.25, 0.3) is 0 Å². The van der Waals surface area contributed by atoms with Crippen molar-refractivity contribution in [1.29, 1.82) is 0 Å². The molecule has 2 aromatic rings. The largest absolute Gasteiger partial charge is 0.368 e. The third kappa shape index (κ3) is 4.92. The van der Waals surface area contributed by atoms with Crippen LogP contribution in [0.3, 0.4) is 0 Å². The van der Waals surface area contributed by atoms with E-state index < -0.39 is 23.3 Å². The minimum atomic E-state index is -0.934. The molecule has 3 amide bonds. The van der Waals surface area contributed by atoms with Crippen LogP contribution in [0.5, 0.6) is 0 Å². The van der Waals surface area contributed by atoms with Gasteiger partial charge in [-0.3, -0.25) is 14.4 Å². The first-order chi connectivity index (χ1) is 12.2. The van der Waals surface area contributed by atoms with Gasteiger partial charge in [0.1, 0.15) is 6.04 Å². The molecule has 2 aromatic carbocycles. The van der Waals surface area contributed by atoms with Gasteiger partial charge in [0.2, 0.25) is 11.8 Å². The first-order valence-electron chi connectivity index (χ1n) is 8.25. The van der Waals surface area contributed by atoms with Crippen molar-refractivity contribution in [3.63, 3.8) is 0 Å². The number of primary amides is 1. The molecule has 0 saturated heterocycles. The molecule has 0 aromatic heterocycles. The van der Waals surface area contributed by atoms with Gasteiger partial charge in [0.05, 0.1) is 0 Å². The zero-order valence-corrected chi connectivity index (χ0v) is 15.1. The summed E-state index contributed by atoms with van der Waals surface area (Å²) in [5.41, 5.74) is 6.30. The van der Waals surface area contributed by atoms with Crippen molar-refractivity contribution < 1.29 is 14.4 Å². The topological polar surface area (TPSA) is 101 Å². The molecule has 0 aliphatic carbocycles. The molecule has 0 spiro atoms. The Morgan fingerprint density at radius 2 is 1.62 bits per heavy atom. The SMILES string of the molecule is CC(C)(C)C(=O)Nc1cccc(C(=O)NC(C(N)=O)c2ccccc2)c1. The maximum Gasteiger partial charge on any atom is 0.252 e. The van der Waals surface area contributed by atoms with Crippen LogP contribution in [-0.4, -0.2) is 17.7 Å². The zero-order valence-electron chi connectivity index (χ0n) is 15.1. The molecule has 136 valence electrons. The van der Waals surface area contributed by atoms with E-state index in [1.54, 1.807) is 69.3 Å². The van der Waals surface area contributed by atoms with Gasteiger partial charge in [0, 0.05) is 16.7 Å². The van der Waals surface area contributed by atoms with Gasteiger partial charge in [-0.15, -0.1) is 0 Å². The molecule has 0 aliphatic heterocycles. The minimum Gasteiger partial charge on any atom is -0.368 e. The fourth-order valence-electron chi connectivity index (χ4n) is 2.24. The number of hydrogen-bond donors (Lipinski definition) is 3. The molecule has 0 fully saturated rings. The van der Waals surface area contributed by atoms with Crippen molar-refractivity contribution in [2.45, 2.75) is 26.8 Å². The molecule has 1 atom stereocenters. The van der Waals surface area contributed by atoms with Crippen molar-refractivity contribution in [2.24, 2.45) is 11.1 Å². The van der Waals surface area contributed by atoms with Gasteiger partial charge in [-0.2, -0.15) is 0 Å². The summed E-state index contributed by atoms with van der Waals surface area (Å²) in [5, 5.41) is 5.41. The summed E-state index contributed by atoms with van der Waals surface area (Å²) < 4.78 is 0. The number of nitrogens with one attached hydrogen (secondary N) is 2. The monoisotopic (exact) mass is 353 g/mol. The quantitative estimate of drug-likeness (QED) is 0.770. The lowest BCUT2D eigenvalue weighted by Gasteiger charge is -2.18. The van der Waals surface area contributed by atoms with E-state index in [0.29, 0.717) is 16.8 Å². The second-order valence-electron chi connectivity index (χ2n) is 7.00. The van der Waals surface area contributed by atoms with Crippen LogP contribution in [0.2, 0.25) is 0 Å². The summed E-state index contributed by atoms with van der Waals surface area (Å²) in [7, 11) is 0. The highest BCUT2D eigenvalue weighted by Crippen LogP contribution is 2.19. The summed E-state index contributed by atoms with van der Waals surface area (Å²) in [6.07, 6.45) is 0. The Bertz CT molecular complexity index is 811. The predicted octanol–water partition coefficient (Wildman–Crippen LogP) is 2.63. The number of amides is 3. The molecule has 1 unspecified atom stereocenters. The van der Waals surface area contributed by atoms with Crippen LogP contribution >= 0.6 is 0 Å². The molecule has 0 saturated carbocycles. The highest BCUT2D eigenvalue weighted by molar-refractivity contribution is 6.00. The standard InChI is InChI=1S/C20H23N3O3/c1-20(2,3)19(26)22-15-11-7-10-14(12-15)18(25)23-16(17(21)24)13-8-5-4-6-9-13/h4-12,16H,1-3H3,(H2,21,24)(H,22,26)(H,23,25). The summed E-state index contributed by atoms with van der Waals surface area (Å²) in [6, 6.07) is 14.4. The molecule has 4 N–H and O–H groups in total. The molecule has 26 heavy (non-hydrogen) atoms. The van der Waals surface area contributed by atoms with Crippen LogP contribution in [-0.2, 0) is 9.59 Å². The lowest BCUT2D eigenvalue weighted by molar-refractivity contribution is -0.123. The van der Waals surface area contributed by atoms with E-state index in [9.17, 15) is 14.4 Å². The maximum atomic E-state index is 12.5. The van der Waals surface area contributed by atoms with E-state index in [-0.39, 0.29) is 5.91 Å². The van der Waals surface area contributed by atoms with Gasteiger partial charge in [0.25, 0.3) is 5.91 Å². The molecule has 0 bridgehead atoms. The van der Waals surface area contributed by atoms with Crippen LogP contribution < -0.4 is 16.4 Å². The Morgan fingerprint density at radius 3 is 2.19 bits per heavy atom. The average Bonchev–Trinajstić information content (AvgIpc) is 2.59. The van der Waals surface area contributed by atoms with Crippen molar-refractivity contribution in [1.82, 2.24) is 5.32 Å². The number of benzene rings is 2. The molecular formula is C20H23N3O3. The number of carbonyl (C=O) groups excluding carboxylic acids is 3. The fourth-order valence-corrected chi connectivity index (χ4v) is 2.24. The second-order valence-corrected chi connectivity index (χ2v) is 7.00. The Hall–Kier alpha value is -3.15. The third-order valence-electron chi connectivity index (χ3n) is 3.76. The molecule has 6 heteroatoms. The second kappa shape index (κ2) is 7.82. The van der Waals surface area contributed by atoms with Crippen LogP contribution in [0, 0.1) is 5.41 Å². The van der Waals surface area contributed by atoms with Gasteiger partial charge in [-0.25, -0.2) is 0 Å². The molecular weight excluding hydrogens is 330 g/mol. The van der Waals surface area contributed by atoms with Crippen molar-refractivity contribution in [3.8, 4) is 0 Å². The fraction of sp³-hybridized carbons (Fsp3) is 0.250. The van der Waals surface area contributed by atoms with Crippen molar-refractivity contribution in [2.75, 3.05) is 5.32 Å². The lowest BCUT2D eigenvalue weighted by atomic mass is 9.95. The molecule has 0 radical (unpaired) electrons. The van der Waals surface area contributed by atoms with E-state index in [4.69, 9.17) is 5.73 Å². The number of nitrogens with two attached hydrogens (primary N) is 1. The normalized spacial score (nSPS) is 12.1. The number of carbonyl (C=O) groups is 3. The van der Waals surface area contributed by atoms with Crippen LogP contribution in [0.15, 0.2) is 54.6 Å².